The van der Waals surface area contributed by atoms with Crippen LogP contribution in [0.4, 0.5) is 5.82 Å². The van der Waals surface area contributed by atoms with Crippen LogP contribution in [-0.4, -0.2) is 15.0 Å². The summed E-state index contributed by atoms with van der Waals surface area (Å²) in [6.07, 6.45) is 4.90. The van der Waals surface area contributed by atoms with Crippen LogP contribution in [0.25, 0.3) is 11.5 Å². The Balaban J connectivity index is 2.13. The van der Waals surface area contributed by atoms with Crippen LogP contribution in [0.15, 0.2) is 18.3 Å². The molecule has 0 saturated heterocycles. The fourth-order valence-electron chi connectivity index (χ4n) is 2.23. The molecule has 0 unspecified atom stereocenters. The maximum atomic E-state index is 5.97. The molecule has 0 atom stereocenters. The van der Waals surface area contributed by atoms with E-state index in [1.54, 1.807) is 6.20 Å². The maximum absolute atomic E-state index is 5.97. The highest BCUT2D eigenvalue weighted by atomic mass is 15.0. The molecule has 0 amide bonds. The fourth-order valence-corrected chi connectivity index (χ4v) is 2.23. The van der Waals surface area contributed by atoms with Crippen LogP contribution in [0.5, 0.6) is 0 Å². The smallest absolute Gasteiger partial charge is 0.180 e. The zero-order valence-corrected chi connectivity index (χ0v) is 9.77. The van der Waals surface area contributed by atoms with Gasteiger partial charge in [-0.25, -0.2) is 9.97 Å². The van der Waals surface area contributed by atoms with Crippen molar-refractivity contribution in [2.45, 2.75) is 26.2 Å². The molecule has 86 valence electrons. The van der Waals surface area contributed by atoms with E-state index in [1.807, 2.05) is 19.1 Å². The topological polar surface area (TPSA) is 64.7 Å². The number of hydrogen-bond acceptors (Lipinski definition) is 4. The third kappa shape index (κ3) is 1.75. The first-order chi connectivity index (χ1) is 8.24. The van der Waals surface area contributed by atoms with Gasteiger partial charge in [0.1, 0.15) is 11.5 Å². The molecule has 2 aromatic heterocycles. The van der Waals surface area contributed by atoms with Crippen LogP contribution in [0.3, 0.4) is 0 Å². The number of aromatic nitrogens is 3. The van der Waals surface area contributed by atoms with Gasteiger partial charge in [0.25, 0.3) is 0 Å². The van der Waals surface area contributed by atoms with Gasteiger partial charge in [0.2, 0.25) is 0 Å². The van der Waals surface area contributed by atoms with Gasteiger partial charge in [-0.05, 0) is 43.9 Å². The van der Waals surface area contributed by atoms with Crippen molar-refractivity contribution < 1.29 is 0 Å². The van der Waals surface area contributed by atoms with Crippen LogP contribution < -0.4 is 5.73 Å². The number of fused-ring (bicyclic) bond motifs is 1. The zero-order valence-electron chi connectivity index (χ0n) is 9.77. The van der Waals surface area contributed by atoms with Gasteiger partial charge in [-0.3, -0.25) is 4.98 Å². The van der Waals surface area contributed by atoms with E-state index in [0.717, 1.165) is 41.8 Å². The predicted molar refractivity (Wildman–Crippen MR) is 66.4 cm³/mol. The highest BCUT2D eigenvalue weighted by Crippen LogP contribution is 2.26. The van der Waals surface area contributed by atoms with Crippen LogP contribution in [0.1, 0.15) is 23.2 Å². The molecule has 0 aromatic carbocycles. The second-order valence-electron chi connectivity index (χ2n) is 4.43. The van der Waals surface area contributed by atoms with Gasteiger partial charge < -0.3 is 5.73 Å². The molecule has 3 rings (SSSR count). The monoisotopic (exact) mass is 226 g/mol. The number of aryl methyl sites for hydroxylation is 2. The third-order valence-electron chi connectivity index (χ3n) is 3.11. The largest absolute Gasteiger partial charge is 0.383 e. The third-order valence-corrected chi connectivity index (χ3v) is 3.11. The molecule has 4 heteroatoms. The summed E-state index contributed by atoms with van der Waals surface area (Å²) in [6.45, 7) is 2.03. The Kier molecular flexibility index (Phi) is 2.28. The van der Waals surface area contributed by atoms with Crippen LogP contribution in [0.2, 0.25) is 0 Å². The summed E-state index contributed by atoms with van der Waals surface area (Å²) in [5, 5.41) is 0. The van der Waals surface area contributed by atoms with Crippen molar-refractivity contribution >= 4 is 5.82 Å². The summed E-state index contributed by atoms with van der Waals surface area (Å²) in [7, 11) is 0. The average Bonchev–Trinajstić information content (AvgIpc) is 2.77. The Bertz CT molecular complexity index is 578. The van der Waals surface area contributed by atoms with Crippen molar-refractivity contribution in [1.82, 2.24) is 15.0 Å². The van der Waals surface area contributed by atoms with E-state index in [2.05, 4.69) is 15.0 Å². The molecule has 17 heavy (non-hydrogen) atoms. The van der Waals surface area contributed by atoms with Crippen LogP contribution in [0, 0.1) is 6.92 Å². The minimum atomic E-state index is 0.616. The first-order valence-corrected chi connectivity index (χ1v) is 5.82. The molecule has 4 nitrogen and oxygen atoms in total. The van der Waals surface area contributed by atoms with Crippen molar-refractivity contribution in [3.05, 3.63) is 35.2 Å². The first-order valence-electron chi connectivity index (χ1n) is 5.82. The number of nitrogens with two attached hydrogens (primary N) is 1. The SMILES string of the molecule is Cc1ccnc(-c2nc(N)c3c(n2)CCC3)c1. The Morgan fingerprint density at radius 1 is 1.24 bits per heavy atom. The summed E-state index contributed by atoms with van der Waals surface area (Å²) in [5.41, 5.74) is 10.1. The van der Waals surface area contributed by atoms with Gasteiger partial charge in [-0.15, -0.1) is 0 Å². The van der Waals surface area contributed by atoms with Gasteiger partial charge >= 0.3 is 0 Å². The minimum absolute atomic E-state index is 0.616. The highest BCUT2D eigenvalue weighted by molar-refractivity contribution is 5.56. The molecule has 2 heterocycles. The average molecular weight is 226 g/mol. The molecule has 1 aliphatic carbocycles. The van der Waals surface area contributed by atoms with Crippen LogP contribution in [-0.2, 0) is 12.8 Å². The normalized spacial score (nSPS) is 13.7. The molecule has 0 radical (unpaired) electrons. The quantitative estimate of drug-likeness (QED) is 0.806. The second kappa shape index (κ2) is 3.80. The van der Waals surface area contributed by atoms with E-state index in [1.165, 1.54) is 0 Å². The molecule has 0 aliphatic heterocycles. The summed E-state index contributed by atoms with van der Waals surface area (Å²) in [4.78, 5) is 13.2. The van der Waals surface area contributed by atoms with E-state index >= 15 is 0 Å². The van der Waals surface area contributed by atoms with Gasteiger partial charge in [0.15, 0.2) is 5.82 Å². The molecule has 0 fully saturated rings. The van der Waals surface area contributed by atoms with E-state index < -0.39 is 0 Å². The van der Waals surface area contributed by atoms with Gasteiger partial charge in [0.05, 0.1) is 0 Å². The Hall–Kier alpha value is -1.97. The second-order valence-corrected chi connectivity index (χ2v) is 4.43. The maximum Gasteiger partial charge on any atom is 0.180 e. The minimum Gasteiger partial charge on any atom is -0.383 e. The predicted octanol–water partition coefficient (Wildman–Crippen LogP) is 1.92. The van der Waals surface area contributed by atoms with Crippen molar-refractivity contribution in [2.24, 2.45) is 0 Å². The summed E-state index contributed by atoms with van der Waals surface area (Å²) < 4.78 is 0. The summed E-state index contributed by atoms with van der Waals surface area (Å²) >= 11 is 0. The van der Waals surface area contributed by atoms with Crippen molar-refractivity contribution in [1.29, 1.82) is 0 Å². The number of nitrogen functional groups attached to an aromatic ring is 1. The number of pyridine rings is 1. The van der Waals surface area contributed by atoms with E-state index in [-0.39, 0.29) is 0 Å². The molecule has 1 aliphatic rings. The molecule has 0 bridgehead atoms. The Morgan fingerprint density at radius 3 is 2.94 bits per heavy atom. The zero-order chi connectivity index (χ0) is 11.8. The molecular weight excluding hydrogens is 212 g/mol. The molecule has 2 aromatic rings. The van der Waals surface area contributed by atoms with Gasteiger partial charge in [-0.2, -0.15) is 0 Å². The van der Waals surface area contributed by atoms with Crippen molar-refractivity contribution in [3.8, 4) is 11.5 Å². The van der Waals surface area contributed by atoms with Crippen molar-refractivity contribution in [2.75, 3.05) is 5.73 Å². The standard InChI is InChI=1S/C13H14N4/c1-8-5-6-15-11(7-8)13-16-10-4-2-3-9(10)12(14)17-13/h5-7H,2-4H2,1H3,(H2,14,16,17). The fraction of sp³-hybridized carbons (Fsp3) is 0.308. The molecule has 2 N–H and O–H groups in total. The lowest BCUT2D eigenvalue weighted by Gasteiger charge is -2.06. The lowest BCUT2D eigenvalue weighted by atomic mass is 10.2. The summed E-state index contributed by atoms with van der Waals surface area (Å²) in [5.74, 6) is 1.26. The van der Waals surface area contributed by atoms with E-state index in [4.69, 9.17) is 5.73 Å². The highest BCUT2D eigenvalue weighted by Gasteiger charge is 2.18. The lowest BCUT2D eigenvalue weighted by molar-refractivity contribution is 0.899. The van der Waals surface area contributed by atoms with E-state index in [9.17, 15) is 0 Å². The van der Waals surface area contributed by atoms with E-state index in [0.29, 0.717) is 11.6 Å². The Morgan fingerprint density at radius 2 is 2.12 bits per heavy atom. The van der Waals surface area contributed by atoms with Gasteiger partial charge in [-0.1, -0.05) is 0 Å². The number of anilines is 1. The number of nitrogens with zero attached hydrogens (tertiary/aromatic N) is 3. The van der Waals surface area contributed by atoms with Gasteiger partial charge in [0, 0.05) is 17.5 Å². The van der Waals surface area contributed by atoms with Crippen molar-refractivity contribution in [3.63, 3.8) is 0 Å². The number of hydrogen-bond donors (Lipinski definition) is 1. The lowest BCUT2D eigenvalue weighted by Crippen LogP contribution is -2.03. The molecule has 0 spiro atoms. The Labute approximate surface area is 99.9 Å². The molecule has 0 saturated carbocycles. The number of rotatable bonds is 1. The first kappa shape index (κ1) is 10.2. The van der Waals surface area contributed by atoms with Crippen LogP contribution >= 0.6 is 0 Å². The summed E-state index contributed by atoms with van der Waals surface area (Å²) in [6, 6.07) is 3.94. The molecular formula is C13H14N4.